The molecule has 110 valence electrons. The number of halogens is 3. The fourth-order valence-electron chi connectivity index (χ4n) is 2.42. The minimum Gasteiger partial charge on any atom is -0.493 e. The Morgan fingerprint density at radius 3 is 2.95 bits per heavy atom. The maximum atomic E-state index is 13.9. The topological polar surface area (TPSA) is 18.5 Å². The number of rotatable bonds is 4. The molecule has 2 aromatic carbocycles. The maximum Gasteiger partial charge on any atom is 0.165 e. The Bertz CT molecular complexity index is 676. The standard InChI is InChI=1S/C16H13BrClFO2/c17-13-6-10-4-5-20-15(10)12(7-13)9-21-16-11(8-18)2-1-3-14(16)19/h1-3,6-7H,4-5,8-9H2. The molecule has 0 atom stereocenters. The summed E-state index contributed by atoms with van der Waals surface area (Å²) >= 11 is 9.30. The van der Waals surface area contributed by atoms with Crippen molar-refractivity contribution in [2.24, 2.45) is 0 Å². The van der Waals surface area contributed by atoms with Crippen molar-refractivity contribution in [2.45, 2.75) is 18.9 Å². The van der Waals surface area contributed by atoms with Gasteiger partial charge in [0.1, 0.15) is 12.4 Å². The molecule has 0 spiro atoms. The maximum absolute atomic E-state index is 13.9. The van der Waals surface area contributed by atoms with Crippen molar-refractivity contribution in [1.82, 2.24) is 0 Å². The number of para-hydroxylation sites is 1. The average Bonchev–Trinajstić information content (AvgIpc) is 2.93. The molecule has 0 unspecified atom stereocenters. The Kier molecular flexibility index (Phi) is 4.36. The van der Waals surface area contributed by atoms with Crippen LogP contribution in [0.4, 0.5) is 4.39 Å². The summed E-state index contributed by atoms with van der Waals surface area (Å²) in [6, 6.07) is 8.73. The molecule has 0 amide bonds. The van der Waals surface area contributed by atoms with Gasteiger partial charge in [-0.2, -0.15) is 0 Å². The van der Waals surface area contributed by atoms with E-state index in [1.807, 2.05) is 12.1 Å². The van der Waals surface area contributed by atoms with E-state index in [9.17, 15) is 4.39 Å². The monoisotopic (exact) mass is 370 g/mol. The SMILES string of the molecule is Fc1cccc(CCl)c1OCc1cc(Br)cc2c1OCC2. The first kappa shape index (κ1) is 14.7. The zero-order valence-corrected chi connectivity index (χ0v) is 13.5. The van der Waals surface area contributed by atoms with Crippen molar-refractivity contribution in [3.05, 3.63) is 57.3 Å². The normalized spacial score (nSPS) is 12.9. The molecular formula is C16H13BrClFO2. The Morgan fingerprint density at radius 2 is 2.14 bits per heavy atom. The van der Waals surface area contributed by atoms with Crippen LogP contribution in [0.25, 0.3) is 0 Å². The highest BCUT2D eigenvalue weighted by molar-refractivity contribution is 9.10. The van der Waals surface area contributed by atoms with E-state index in [0.29, 0.717) is 12.2 Å². The van der Waals surface area contributed by atoms with Crippen LogP contribution in [-0.2, 0) is 18.9 Å². The first-order valence-corrected chi connectivity index (χ1v) is 7.92. The lowest BCUT2D eigenvalue weighted by atomic mass is 10.1. The van der Waals surface area contributed by atoms with E-state index < -0.39 is 5.82 Å². The van der Waals surface area contributed by atoms with E-state index in [-0.39, 0.29) is 18.2 Å². The van der Waals surface area contributed by atoms with Crippen molar-refractivity contribution in [3.63, 3.8) is 0 Å². The lowest BCUT2D eigenvalue weighted by molar-refractivity contribution is 0.277. The zero-order valence-electron chi connectivity index (χ0n) is 11.2. The highest BCUT2D eigenvalue weighted by Gasteiger charge is 2.18. The van der Waals surface area contributed by atoms with E-state index in [2.05, 4.69) is 15.9 Å². The summed E-state index contributed by atoms with van der Waals surface area (Å²) in [6.45, 7) is 0.915. The molecule has 0 aromatic heterocycles. The Labute approximate surface area is 136 Å². The van der Waals surface area contributed by atoms with Crippen LogP contribution in [0.5, 0.6) is 11.5 Å². The molecule has 0 bridgehead atoms. The van der Waals surface area contributed by atoms with Gasteiger partial charge in [-0.1, -0.05) is 28.1 Å². The summed E-state index contributed by atoms with van der Waals surface area (Å²) in [5.74, 6) is 0.863. The molecule has 1 aliphatic rings. The fourth-order valence-corrected chi connectivity index (χ4v) is 3.19. The predicted octanol–water partition coefficient (Wildman–Crippen LogP) is 4.84. The summed E-state index contributed by atoms with van der Waals surface area (Å²) in [4.78, 5) is 0. The molecule has 3 rings (SSSR count). The molecule has 1 aliphatic heterocycles. The summed E-state index contributed by atoms with van der Waals surface area (Å²) in [5, 5.41) is 0. The fraction of sp³-hybridized carbons (Fsp3) is 0.250. The molecular weight excluding hydrogens is 359 g/mol. The van der Waals surface area contributed by atoms with Gasteiger partial charge in [-0.25, -0.2) is 4.39 Å². The number of alkyl halides is 1. The van der Waals surface area contributed by atoms with Crippen molar-refractivity contribution >= 4 is 27.5 Å². The smallest absolute Gasteiger partial charge is 0.165 e. The molecule has 21 heavy (non-hydrogen) atoms. The van der Waals surface area contributed by atoms with E-state index in [0.717, 1.165) is 27.8 Å². The third-order valence-corrected chi connectivity index (χ3v) is 4.14. The van der Waals surface area contributed by atoms with Gasteiger partial charge in [0, 0.05) is 22.0 Å². The molecule has 0 fully saturated rings. The van der Waals surface area contributed by atoms with Gasteiger partial charge in [0.05, 0.1) is 12.5 Å². The summed E-state index contributed by atoms with van der Waals surface area (Å²) in [5.41, 5.74) is 2.69. The second-order valence-electron chi connectivity index (χ2n) is 4.80. The van der Waals surface area contributed by atoms with Crippen molar-refractivity contribution < 1.29 is 13.9 Å². The highest BCUT2D eigenvalue weighted by atomic mass is 79.9. The van der Waals surface area contributed by atoms with Crippen LogP contribution in [-0.4, -0.2) is 6.61 Å². The molecule has 0 saturated carbocycles. The Balaban J connectivity index is 1.86. The summed E-state index contributed by atoms with van der Waals surface area (Å²) < 4.78 is 26.1. The zero-order chi connectivity index (χ0) is 14.8. The first-order valence-electron chi connectivity index (χ1n) is 6.59. The molecule has 0 N–H and O–H groups in total. The quantitative estimate of drug-likeness (QED) is 0.716. The minimum atomic E-state index is -0.402. The molecule has 0 radical (unpaired) electrons. The second kappa shape index (κ2) is 6.24. The number of fused-ring (bicyclic) bond motifs is 1. The Morgan fingerprint density at radius 1 is 1.29 bits per heavy atom. The van der Waals surface area contributed by atoms with Gasteiger partial charge in [-0.3, -0.25) is 0 Å². The van der Waals surface area contributed by atoms with Gasteiger partial charge in [0.15, 0.2) is 11.6 Å². The van der Waals surface area contributed by atoms with Gasteiger partial charge in [0.25, 0.3) is 0 Å². The van der Waals surface area contributed by atoms with E-state index in [4.69, 9.17) is 21.1 Å². The second-order valence-corrected chi connectivity index (χ2v) is 5.98. The number of hydrogen-bond acceptors (Lipinski definition) is 2. The lowest BCUT2D eigenvalue weighted by Gasteiger charge is -2.13. The van der Waals surface area contributed by atoms with Gasteiger partial charge < -0.3 is 9.47 Å². The third kappa shape index (κ3) is 3.01. The molecule has 1 heterocycles. The van der Waals surface area contributed by atoms with Crippen LogP contribution < -0.4 is 9.47 Å². The number of ether oxygens (including phenoxy) is 2. The minimum absolute atomic E-state index is 0.208. The van der Waals surface area contributed by atoms with Crippen LogP contribution in [0.1, 0.15) is 16.7 Å². The van der Waals surface area contributed by atoms with Crippen molar-refractivity contribution in [2.75, 3.05) is 6.61 Å². The molecule has 5 heteroatoms. The lowest BCUT2D eigenvalue weighted by Crippen LogP contribution is -2.02. The van der Waals surface area contributed by atoms with Crippen LogP contribution in [0, 0.1) is 5.82 Å². The number of hydrogen-bond donors (Lipinski definition) is 0. The summed E-state index contributed by atoms with van der Waals surface area (Å²) in [6.07, 6.45) is 0.883. The Hall–Kier alpha value is -1.26. The van der Waals surface area contributed by atoms with E-state index in [1.165, 1.54) is 6.07 Å². The molecule has 0 saturated heterocycles. The third-order valence-electron chi connectivity index (χ3n) is 3.39. The van der Waals surface area contributed by atoms with Crippen molar-refractivity contribution in [3.8, 4) is 11.5 Å². The van der Waals surface area contributed by atoms with E-state index >= 15 is 0 Å². The van der Waals surface area contributed by atoms with Crippen LogP contribution in [0.3, 0.4) is 0 Å². The van der Waals surface area contributed by atoms with Gasteiger partial charge in [-0.05, 0) is 23.8 Å². The molecule has 2 nitrogen and oxygen atoms in total. The van der Waals surface area contributed by atoms with Crippen LogP contribution in [0.2, 0.25) is 0 Å². The van der Waals surface area contributed by atoms with Crippen molar-refractivity contribution in [1.29, 1.82) is 0 Å². The van der Waals surface area contributed by atoms with Gasteiger partial charge in [-0.15, -0.1) is 11.6 Å². The number of benzene rings is 2. The molecule has 2 aromatic rings. The van der Waals surface area contributed by atoms with E-state index in [1.54, 1.807) is 12.1 Å². The first-order chi connectivity index (χ1) is 10.2. The largest absolute Gasteiger partial charge is 0.493 e. The summed E-state index contributed by atoms with van der Waals surface area (Å²) in [7, 11) is 0. The van der Waals surface area contributed by atoms with Gasteiger partial charge in [0.2, 0.25) is 0 Å². The molecule has 0 aliphatic carbocycles. The average molecular weight is 372 g/mol. The highest BCUT2D eigenvalue weighted by Crippen LogP contribution is 2.34. The van der Waals surface area contributed by atoms with Gasteiger partial charge >= 0.3 is 0 Å². The van der Waals surface area contributed by atoms with Crippen LogP contribution in [0.15, 0.2) is 34.8 Å². The predicted molar refractivity (Wildman–Crippen MR) is 83.6 cm³/mol. The van der Waals surface area contributed by atoms with Crippen LogP contribution >= 0.6 is 27.5 Å².